The highest BCUT2D eigenvalue weighted by Gasteiger charge is 2.38. The standard InChI is InChI=1S/C25H37N3O5/c1-25(2,3)32-24(30)27-11-9-21(10-12-27)31-22-17-20(18-22)26-13-15-28(16-14-26)33-23(29)19-7-5-4-6-8-19/h4-8,20-22H,9-18H2,1-3H3/t20-,22-. The van der Waals surface area contributed by atoms with Gasteiger partial charge in [-0.2, -0.15) is 0 Å². The molecule has 0 bridgehead atoms. The van der Waals surface area contributed by atoms with Gasteiger partial charge in [-0.05, 0) is 58.6 Å². The van der Waals surface area contributed by atoms with Crippen LogP contribution in [0.2, 0.25) is 0 Å². The summed E-state index contributed by atoms with van der Waals surface area (Å²) < 4.78 is 11.8. The van der Waals surface area contributed by atoms with E-state index in [0.717, 1.165) is 51.9 Å². The molecule has 0 N–H and O–H groups in total. The molecule has 0 unspecified atom stereocenters. The lowest BCUT2D eigenvalue weighted by Gasteiger charge is -2.47. The highest BCUT2D eigenvalue weighted by atomic mass is 16.7. The van der Waals surface area contributed by atoms with Crippen LogP contribution in [0.4, 0.5) is 4.79 Å². The topological polar surface area (TPSA) is 71.6 Å². The normalized spacial score (nSPS) is 25.4. The van der Waals surface area contributed by atoms with Gasteiger partial charge in [0.15, 0.2) is 0 Å². The number of amides is 1. The molecular formula is C25H37N3O5. The molecule has 2 saturated heterocycles. The van der Waals surface area contributed by atoms with Gasteiger partial charge in [0.05, 0.1) is 17.8 Å². The van der Waals surface area contributed by atoms with Crippen LogP contribution in [-0.2, 0) is 14.3 Å². The number of benzene rings is 1. The van der Waals surface area contributed by atoms with E-state index in [1.165, 1.54) is 0 Å². The number of ether oxygens (including phenoxy) is 2. The monoisotopic (exact) mass is 459 g/mol. The van der Waals surface area contributed by atoms with Crippen molar-refractivity contribution in [2.24, 2.45) is 0 Å². The van der Waals surface area contributed by atoms with Gasteiger partial charge in [0.2, 0.25) is 0 Å². The van der Waals surface area contributed by atoms with Crippen LogP contribution < -0.4 is 0 Å². The maximum atomic E-state index is 12.2. The number of carbonyl (C=O) groups excluding carboxylic acids is 2. The van der Waals surface area contributed by atoms with Gasteiger partial charge in [-0.3, -0.25) is 4.90 Å². The largest absolute Gasteiger partial charge is 0.444 e. The van der Waals surface area contributed by atoms with Crippen LogP contribution in [0.3, 0.4) is 0 Å². The van der Waals surface area contributed by atoms with Crippen LogP contribution in [0.5, 0.6) is 0 Å². The molecular weight excluding hydrogens is 422 g/mol. The molecule has 0 aromatic heterocycles. The van der Waals surface area contributed by atoms with E-state index >= 15 is 0 Å². The van der Waals surface area contributed by atoms with E-state index in [1.54, 1.807) is 22.1 Å². The summed E-state index contributed by atoms with van der Waals surface area (Å²) in [6.45, 7) is 10.3. The van der Waals surface area contributed by atoms with Crippen molar-refractivity contribution in [1.29, 1.82) is 0 Å². The van der Waals surface area contributed by atoms with E-state index in [-0.39, 0.29) is 18.2 Å². The van der Waals surface area contributed by atoms with Gasteiger partial charge in [-0.25, -0.2) is 9.59 Å². The number of nitrogens with zero attached hydrogens (tertiary/aromatic N) is 3. The van der Waals surface area contributed by atoms with E-state index < -0.39 is 5.60 Å². The fourth-order valence-electron chi connectivity index (χ4n) is 4.62. The van der Waals surface area contributed by atoms with Gasteiger partial charge >= 0.3 is 12.1 Å². The molecule has 33 heavy (non-hydrogen) atoms. The summed E-state index contributed by atoms with van der Waals surface area (Å²) in [5, 5.41) is 1.77. The van der Waals surface area contributed by atoms with Crippen LogP contribution in [0.1, 0.15) is 56.8 Å². The molecule has 1 aromatic carbocycles. The Kier molecular flexibility index (Phi) is 7.56. The second-order valence-corrected chi connectivity index (χ2v) is 10.3. The van der Waals surface area contributed by atoms with Crippen LogP contribution >= 0.6 is 0 Å². The van der Waals surface area contributed by atoms with Crippen molar-refractivity contribution >= 4 is 12.1 Å². The third kappa shape index (κ3) is 6.68. The Hall–Kier alpha value is -2.16. The summed E-state index contributed by atoms with van der Waals surface area (Å²) in [5.41, 5.74) is 0.122. The van der Waals surface area contributed by atoms with E-state index in [4.69, 9.17) is 14.3 Å². The maximum absolute atomic E-state index is 12.2. The van der Waals surface area contributed by atoms with Crippen molar-refractivity contribution in [3.63, 3.8) is 0 Å². The summed E-state index contributed by atoms with van der Waals surface area (Å²) in [6.07, 6.45) is 4.15. The number of hydrogen-bond acceptors (Lipinski definition) is 7. The Morgan fingerprint density at radius 1 is 0.879 bits per heavy atom. The van der Waals surface area contributed by atoms with Gasteiger partial charge in [0.25, 0.3) is 0 Å². The summed E-state index contributed by atoms with van der Waals surface area (Å²) in [5.74, 6) is -0.293. The van der Waals surface area contributed by atoms with Gasteiger partial charge in [-0.1, -0.05) is 18.2 Å². The molecule has 2 aliphatic heterocycles. The number of likely N-dealkylation sites (tertiary alicyclic amines) is 1. The number of carbonyl (C=O) groups is 2. The Labute approximate surface area is 196 Å². The van der Waals surface area contributed by atoms with Crippen molar-refractivity contribution in [1.82, 2.24) is 14.9 Å². The second kappa shape index (κ2) is 10.4. The average molecular weight is 460 g/mol. The number of piperazine rings is 1. The molecule has 0 spiro atoms. The third-order valence-electron chi connectivity index (χ3n) is 6.56. The highest BCUT2D eigenvalue weighted by molar-refractivity contribution is 5.89. The zero-order valence-electron chi connectivity index (χ0n) is 20.1. The fraction of sp³-hybridized carbons (Fsp3) is 0.680. The number of piperidine rings is 1. The molecule has 1 aromatic rings. The molecule has 3 aliphatic rings. The first-order chi connectivity index (χ1) is 15.8. The van der Waals surface area contributed by atoms with Gasteiger partial charge < -0.3 is 19.2 Å². The first-order valence-corrected chi connectivity index (χ1v) is 12.2. The Balaban J connectivity index is 1.10. The Morgan fingerprint density at radius 3 is 2.12 bits per heavy atom. The zero-order valence-corrected chi connectivity index (χ0v) is 20.1. The first-order valence-electron chi connectivity index (χ1n) is 12.2. The van der Waals surface area contributed by atoms with Crippen molar-refractivity contribution in [3.8, 4) is 0 Å². The maximum Gasteiger partial charge on any atom is 0.410 e. The molecule has 3 fully saturated rings. The average Bonchev–Trinajstić information content (AvgIpc) is 2.76. The molecule has 182 valence electrons. The van der Waals surface area contributed by atoms with Crippen molar-refractivity contribution < 1.29 is 23.9 Å². The summed E-state index contributed by atoms with van der Waals surface area (Å²) in [4.78, 5) is 34.2. The minimum Gasteiger partial charge on any atom is -0.444 e. The fourth-order valence-corrected chi connectivity index (χ4v) is 4.62. The van der Waals surface area contributed by atoms with Crippen LogP contribution in [0.15, 0.2) is 30.3 Å². The van der Waals surface area contributed by atoms with Crippen molar-refractivity contribution in [2.45, 2.75) is 70.3 Å². The molecule has 1 amide bonds. The molecule has 1 aliphatic carbocycles. The quantitative estimate of drug-likeness (QED) is 0.669. The lowest BCUT2D eigenvalue weighted by atomic mass is 9.87. The summed E-state index contributed by atoms with van der Waals surface area (Å²) in [7, 11) is 0. The number of rotatable bonds is 5. The summed E-state index contributed by atoms with van der Waals surface area (Å²) in [6, 6.07) is 9.66. The minimum absolute atomic E-state index is 0.224. The van der Waals surface area contributed by atoms with Crippen molar-refractivity contribution in [2.75, 3.05) is 39.3 Å². The van der Waals surface area contributed by atoms with Crippen molar-refractivity contribution in [3.05, 3.63) is 35.9 Å². The zero-order chi connectivity index (χ0) is 23.4. The van der Waals surface area contributed by atoms with E-state index in [0.29, 0.717) is 30.8 Å². The SMILES string of the molecule is CC(C)(C)OC(=O)N1CCC(O[C@H]2C[C@H](N3CCN(OC(=O)c4ccccc4)CC3)C2)CC1. The first kappa shape index (κ1) is 24.0. The second-order valence-electron chi connectivity index (χ2n) is 10.3. The summed E-state index contributed by atoms with van der Waals surface area (Å²) >= 11 is 0. The molecule has 1 saturated carbocycles. The van der Waals surface area contributed by atoms with Gasteiger partial charge in [-0.15, -0.1) is 5.06 Å². The molecule has 0 atom stereocenters. The van der Waals surface area contributed by atoms with Crippen LogP contribution in [0.25, 0.3) is 0 Å². The van der Waals surface area contributed by atoms with Gasteiger partial charge in [0.1, 0.15) is 5.60 Å². The minimum atomic E-state index is -0.458. The molecule has 0 radical (unpaired) electrons. The van der Waals surface area contributed by atoms with Crippen LogP contribution in [0, 0.1) is 0 Å². The Morgan fingerprint density at radius 2 is 1.52 bits per heavy atom. The predicted molar refractivity (Wildman–Crippen MR) is 124 cm³/mol. The van der Waals surface area contributed by atoms with Gasteiger partial charge in [0, 0.05) is 45.3 Å². The van der Waals surface area contributed by atoms with E-state index in [9.17, 15) is 9.59 Å². The molecule has 8 nitrogen and oxygen atoms in total. The smallest absolute Gasteiger partial charge is 0.410 e. The predicted octanol–water partition coefficient (Wildman–Crippen LogP) is 3.32. The Bertz CT molecular complexity index is 790. The third-order valence-corrected chi connectivity index (χ3v) is 6.56. The molecule has 8 heteroatoms. The highest BCUT2D eigenvalue weighted by Crippen LogP contribution is 2.32. The lowest BCUT2D eigenvalue weighted by molar-refractivity contribution is -0.149. The molecule has 2 heterocycles. The van der Waals surface area contributed by atoms with E-state index in [1.807, 2.05) is 39.0 Å². The number of hydrogen-bond donors (Lipinski definition) is 0. The lowest BCUT2D eigenvalue weighted by Crippen LogP contribution is -2.56. The van der Waals surface area contributed by atoms with E-state index in [2.05, 4.69) is 4.90 Å². The van der Waals surface area contributed by atoms with Crippen LogP contribution in [-0.4, -0.2) is 90.0 Å². The molecule has 4 rings (SSSR count). The number of hydroxylamine groups is 2.